The molecule has 2 aromatic carbocycles. The molecule has 136 valence electrons. The maximum atomic E-state index is 12.5. The molecule has 0 atom stereocenters. The van der Waals surface area contributed by atoms with E-state index in [1.807, 2.05) is 6.07 Å². The minimum atomic E-state index is -3.62. The first-order valence-corrected chi connectivity index (χ1v) is 10.1. The number of ether oxygens (including phenoxy) is 1. The van der Waals surface area contributed by atoms with Crippen molar-refractivity contribution in [3.8, 4) is 17.6 Å². The number of sulfonamides is 1. The van der Waals surface area contributed by atoms with Crippen LogP contribution in [0.2, 0.25) is 5.02 Å². The van der Waals surface area contributed by atoms with Gasteiger partial charge in [0, 0.05) is 13.1 Å². The lowest BCUT2D eigenvalue weighted by Crippen LogP contribution is -2.44. The van der Waals surface area contributed by atoms with Crippen LogP contribution >= 0.6 is 11.6 Å². The highest BCUT2D eigenvalue weighted by molar-refractivity contribution is 7.89. The summed E-state index contributed by atoms with van der Waals surface area (Å²) in [5, 5.41) is 11.2. The minimum Gasteiger partial charge on any atom is -0.456 e. The number of halogens is 1. The molecule has 0 spiro atoms. The number of nitrogens with zero attached hydrogens (tertiary/aromatic N) is 2. The van der Waals surface area contributed by atoms with Crippen molar-refractivity contribution in [1.82, 2.24) is 9.84 Å². The zero-order valence-corrected chi connectivity index (χ0v) is 15.6. The Morgan fingerprint density at radius 3 is 2.42 bits per heavy atom. The highest BCUT2D eigenvalue weighted by Crippen LogP contribution is 2.30. The van der Waals surface area contributed by atoms with Gasteiger partial charge in [0.1, 0.15) is 23.1 Å². The summed E-state index contributed by atoms with van der Waals surface area (Å²) in [7, 11) is -3.62. The summed E-state index contributed by atoms with van der Waals surface area (Å²) in [6, 6.07) is 13.0. The number of piperidine rings is 1. The van der Waals surface area contributed by atoms with Gasteiger partial charge >= 0.3 is 0 Å². The second-order valence-corrected chi connectivity index (χ2v) is 8.01. The van der Waals surface area contributed by atoms with Crippen molar-refractivity contribution in [3.05, 3.63) is 53.1 Å². The van der Waals surface area contributed by atoms with E-state index in [4.69, 9.17) is 16.3 Å². The van der Waals surface area contributed by atoms with Crippen molar-refractivity contribution in [3.63, 3.8) is 0 Å². The van der Waals surface area contributed by atoms with E-state index in [2.05, 4.69) is 4.83 Å². The van der Waals surface area contributed by atoms with Crippen LogP contribution in [0.5, 0.6) is 11.5 Å². The van der Waals surface area contributed by atoms with Crippen LogP contribution in [-0.2, 0) is 10.0 Å². The summed E-state index contributed by atoms with van der Waals surface area (Å²) in [5.41, 5.74) is 0.234. The van der Waals surface area contributed by atoms with Gasteiger partial charge < -0.3 is 4.74 Å². The smallest absolute Gasteiger partial charge is 0.253 e. The quantitative estimate of drug-likeness (QED) is 0.840. The second-order valence-electron chi connectivity index (χ2n) is 5.94. The van der Waals surface area contributed by atoms with Crippen LogP contribution in [0.25, 0.3) is 0 Å². The van der Waals surface area contributed by atoms with E-state index in [1.165, 1.54) is 12.1 Å². The van der Waals surface area contributed by atoms with Crippen LogP contribution < -0.4 is 9.57 Å². The van der Waals surface area contributed by atoms with Gasteiger partial charge in [-0.25, -0.2) is 13.4 Å². The van der Waals surface area contributed by atoms with E-state index < -0.39 is 10.0 Å². The lowest BCUT2D eigenvalue weighted by atomic mass is 10.2. The molecule has 2 aromatic rings. The van der Waals surface area contributed by atoms with Crippen LogP contribution in [0, 0.1) is 11.3 Å². The van der Waals surface area contributed by atoms with Gasteiger partial charge in [0.15, 0.2) is 0 Å². The zero-order chi connectivity index (χ0) is 18.6. The number of nitrogens with one attached hydrogen (secondary N) is 1. The van der Waals surface area contributed by atoms with Gasteiger partial charge in [0.25, 0.3) is 10.0 Å². The third kappa shape index (κ3) is 4.34. The Labute approximate surface area is 158 Å². The Morgan fingerprint density at radius 2 is 1.77 bits per heavy atom. The molecule has 0 amide bonds. The lowest BCUT2D eigenvalue weighted by Gasteiger charge is -2.26. The second kappa shape index (κ2) is 8.06. The van der Waals surface area contributed by atoms with Gasteiger partial charge in [0.05, 0.1) is 9.92 Å². The molecular weight excluding hydrogens is 374 g/mol. The van der Waals surface area contributed by atoms with Crippen LogP contribution in [0.3, 0.4) is 0 Å². The van der Waals surface area contributed by atoms with Crippen LogP contribution in [0.1, 0.15) is 24.8 Å². The molecule has 1 saturated heterocycles. The SMILES string of the molecule is N#Cc1c(Cl)cccc1Oc1ccc(S(=O)(=O)NN2CCCCC2)cc1. The van der Waals surface area contributed by atoms with E-state index >= 15 is 0 Å². The van der Waals surface area contributed by atoms with E-state index in [0.717, 1.165) is 19.3 Å². The van der Waals surface area contributed by atoms with Crippen LogP contribution in [0.4, 0.5) is 0 Å². The molecule has 1 N–H and O–H groups in total. The van der Waals surface area contributed by atoms with E-state index in [1.54, 1.807) is 35.3 Å². The van der Waals surface area contributed by atoms with Gasteiger partial charge in [-0.05, 0) is 49.2 Å². The maximum absolute atomic E-state index is 12.5. The third-order valence-corrected chi connectivity index (χ3v) is 5.76. The summed E-state index contributed by atoms with van der Waals surface area (Å²) < 4.78 is 30.6. The summed E-state index contributed by atoms with van der Waals surface area (Å²) in [5.74, 6) is 0.739. The number of rotatable bonds is 5. The molecule has 1 aliphatic heterocycles. The molecule has 6 nitrogen and oxygen atoms in total. The largest absolute Gasteiger partial charge is 0.456 e. The fourth-order valence-corrected chi connectivity index (χ4v) is 4.05. The van der Waals surface area contributed by atoms with Gasteiger partial charge in [0.2, 0.25) is 0 Å². The highest BCUT2D eigenvalue weighted by atomic mass is 35.5. The van der Waals surface area contributed by atoms with Gasteiger partial charge in [-0.1, -0.05) is 24.1 Å². The molecular formula is C18H18ClN3O3S. The first-order valence-electron chi connectivity index (χ1n) is 8.23. The first kappa shape index (κ1) is 18.7. The lowest BCUT2D eigenvalue weighted by molar-refractivity contribution is 0.200. The topological polar surface area (TPSA) is 82.4 Å². The molecule has 0 saturated carbocycles. The molecule has 1 aliphatic rings. The van der Waals surface area contributed by atoms with Crippen molar-refractivity contribution in [1.29, 1.82) is 5.26 Å². The predicted molar refractivity (Wildman–Crippen MR) is 98.4 cm³/mol. The molecule has 3 rings (SSSR count). The predicted octanol–water partition coefficient (Wildman–Crippen LogP) is 3.68. The number of nitriles is 1. The summed E-state index contributed by atoms with van der Waals surface area (Å²) in [4.78, 5) is 2.77. The fourth-order valence-electron chi connectivity index (χ4n) is 2.72. The highest BCUT2D eigenvalue weighted by Gasteiger charge is 2.20. The Balaban J connectivity index is 1.74. The van der Waals surface area contributed by atoms with Gasteiger partial charge in [-0.3, -0.25) is 0 Å². The third-order valence-electron chi connectivity index (χ3n) is 4.05. The molecule has 0 radical (unpaired) electrons. The number of hydrogen-bond acceptors (Lipinski definition) is 5. The van der Waals surface area contributed by atoms with E-state index in [9.17, 15) is 13.7 Å². The number of hydrogen-bond donors (Lipinski definition) is 1. The zero-order valence-electron chi connectivity index (χ0n) is 14.0. The Bertz CT molecular complexity index is 918. The Morgan fingerprint density at radius 1 is 1.08 bits per heavy atom. The van der Waals surface area contributed by atoms with Crippen molar-refractivity contribution >= 4 is 21.6 Å². The molecule has 8 heteroatoms. The standard InChI is InChI=1S/C18H18ClN3O3S/c19-17-5-4-6-18(16(17)13-20)25-14-7-9-15(10-8-14)26(23,24)21-22-11-2-1-3-12-22/h4-10,21H,1-3,11-12H2. The summed E-state index contributed by atoms with van der Waals surface area (Å²) in [6.07, 6.45) is 3.09. The van der Waals surface area contributed by atoms with Crippen molar-refractivity contribution < 1.29 is 13.2 Å². The molecule has 26 heavy (non-hydrogen) atoms. The van der Waals surface area contributed by atoms with Crippen molar-refractivity contribution in [2.45, 2.75) is 24.2 Å². The number of benzene rings is 2. The van der Waals surface area contributed by atoms with Crippen LogP contribution in [0.15, 0.2) is 47.4 Å². The molecule has 0 bridgehead atoms. The monoisotopic (exact) mass is 391 g/mol. The van der Waals surface area contributed by atoms with E-state index in [-0.39, 0.29) is 10.5 Å². The minimum absolute atomic E-state index is 0.155. The van der Waals surface area contributed by atoms with Gasteiger partial charge in [-0.2, -0.15) is 5.26 Å². The molecule has 1 fully saturated rings. The summed E-state index contributed by atoms with van der Waals surface area (Å²) >= 11 is 5.98. The Hall–Kier alpha value is -2.11. The van der Waals surface area contributed by atoms with Gasteiger partial charge in [-0.15, -0.1) is 4.83 Å². The fraction of sp³-hybridized carbons (Fsp3) is 0.278. The van der Waals surface area contributed by atoms with Crippen LogP contribution in [-0.4, -0.2) is 26.5 Å². The molecule has 0 aromatic heterocycles. The molecule has 1 heterocycles. The van der Waals surface area contributed by atoms with E-state index in [0.29, 0.717) is 29.6 Å². The normalized spacial score (nSPS) is 15.4. The maximum Gasteiger partial charge on any atom is 0.253 e. The summed E-state index contributed by atoms with van der Waals surface area (Å²) in [6.45, 7) is 1.43. The molecule has 0 aliphatic carbocycles. The molecule has 0 unspecified atom stereocenters. The van der Waals surface area contributed by atoms with Crippen molar-refractivity contribution in [2.24, 2.45) is 0 Å². The Kier molecular flexibility index (Phi) is 5.79. The van der Waals surface area contributed by atoms with Crippen molar-refractivity contribution in [2.75, 3.05) is 13.1 Å². The average Bonchev–Trinajstić information content (AvgIpc) is 2.63. The average molecular weight is 392 g/mol. The first-order chi connectivity index (χ1) is 12.5. The number of hydrazine groups is 1.